The second kappa shape index (κ2) is 6.01. The Morgan fingerprint density at radius 1 is 1.37 bits per heavy atom. The fourth-order valence-corrected chi connectivity index (χ4v) is 1.68. The maximum absolute atomic E-state index is 8.74. The summed E-state index contributed by atoms with van der Waals surface area (Å²) >= 11 is 0. The SMILES string of the molecule is COc1ccc(Cc2noc(CC(C)C#N)n2)cc1. The number of nitriles is 1. The van der Waals surface area contributed by atoms with Gasteiger partial charge in [0.25, 0.3) is 0 Å². The lowest BCUT2D eigenvalue weighted by atomic mass is 10.1. The summed E-state index contributed by atoms with van der Waals surface area (Å²) in [5, 5.41) is 12.7. The number of rotatable bonds is 5. The minimum absolute atomic E-state index is 0.116. The fourth-order valence-electron chi connectivity index (χ4n) is 1.68. The van der Waals surface area contributed by atoms with Gasteiger partial charge < -0.3 is 9.26 Å². The Morgan fingerprint density at radius 3 is 2.74 bits per heavy atom. The molecule has 0 bridgehead atoms. The van der Waals surface area contributed by atoms with Gasteiger partial charge in [-0.15, -0.1) is 0 Å². The van der Waals surface area contributed by atoms with Crippen LogP contribution in [-0.4, -0.2) is 17.3 Å². The Bertz CT molecular complexity index is 569. The van der Waals surface area contributed by atoms with E-state index in [1.165, 1.54) is 0 Å². The van der Waals surface area contributed by atoms with Crippen LogP contribution in [0.25, 0.3) is 0 Å². The normalized spacial score (nSPS) is 11.8. The average Bonchev–Trinajstić information content (AvgIpc) is 2.86. The molecule has 2 aromatic rings. The molecule has 0 fully saturated rings. The van der Waals surface area contributed by atoms with Crippen molar-refractivity contribution in [3.05, 3.63) is 41.5 Å². The highest BCUT2D eigenvalue weighted by Crippen LogP contribution is 2.14. The number of methoxy groups -OCH3 is 1. The van der Waals surface area contributed by atoms with E-state index in [9.17, 15) is 0 Å². The van der Waals surface area contributed by atoms with E-state index in [0.29, 0.717) is 24.6 Å². The van der Waals surface area contributed by atoms with Gasteiger partial charge in [0.05, 0.1) is 19.1 Å². The van der Waals surface area contributed by atoms with Crippen LogP contribution in [0.3, 0.4) is 0 Å². The second-order valence-corrected chi connectivity index (χ2v) is 4.36. The summed E-state index contributed by atoms with van der Waals surface area (Å²) in [5.74, 6) is 1.84. The highest BCUT2D eigenvalue weighted by molar-refractivity contribution is 5.28. The lowest BCUT2D eigenvalue weighted by Gasteiger charge is -2.00. The van der Waals surface area contributed by atoms with Gasteiger partial charge in [0.1, 0.15) is 5.75 Å². The minimum atomic E-state index is -0.116. The quantitative estimate of drug-likeness (QED) is 0.822. The van der Waals surface area contributed by atoms with Crippen LogP contribution < -0.4 is 4.74 Å². The molecule has 0 saturated heterocycles. The van der Waals surface area contributed by atoms with E-state index < -0.39 is 0 Å². The molecule has 1 unspecified atom stereocenters. The van der Waals surface area contributed by atoms with Gasteiger partial charge in [-0.3, -0.25) is 0 Å². The van der Waals surface area contributed by atoms with Gasteiger partial charge in [0.2, 0.25) is 5.89 Å². The lowest BCUT2D eigenvalue weighted by molar-refractivity contribution is 0.365. The molecular formula is C14H15N3O2. The van der Waals surface area contributed by atoms with Crippen molar-refractivity contribution >= 4 is 0 Å². The first kappa shape index (κ1) is 13.1. The van der Waals surface area contributed by atoms with Crippen molar-refractivity contribution in [3.63, 3.8) is 0 Å². The summed E-state index contributed by atoms with van der Waals surface area (Å²) in [6.45, 7) is 1.83. The number of hydrogen-bond acceptors (Lipinski definition) is 5. The summed E-state index contributed by atoms with van der Waals surface area (Å²) in [6, 6.07) is 9.87. The molecule has 1 heterocycles. The number of nitrogens with zero attached hydrogens (tertiary/aromatic N) is 3. The first-order chi connectivity index (χ1) is 9.21. The molecule has 5 nitrogen and oxygen atoms in total. The third-order valence-electron chi connectivity index (χ3n) is 2.73. The van der Waals surface area contributed by atoms with Crippen molar-refractivity contribution in [1.82, 2.24) is 10.1 Å². The molecule has 0 amide bonds. The van der Waals surface area contributed by atoms with Gasteiger partial charge >= 0.3 is 0 Å². The largest absolute Gasteiger partial charge is 0.497 e. The molecular weight excluding hydrogens is 242 g/mol. The van der Waals surface area contributed by atoms with E-state index in [-0.39, 0.29) is 5.92 Å². The predicted octanol–water partition coefficient (Wildman–Crippen LogP) is 2.37. The maximum atomic E-state index is 8.74. The summed E-state index contributed by atoms with van der Waals surface area (Å²) in [7, 11) is 1.64. The van der Waals surface area contributed by atoms with E-state index in [1.54, 1.807) is 7.11 Å². The van der Waals surface area contributed by atoms with Crippen LogP contribution in [0.15, 0.2) is 28.8 Å². The first-order valence-corrected chi connectivity index (χ1v) is 6.05. The van der Waals surface area contributed by atoms with E-state index >= 15 is 0 Å². The Morgan fingerprint density at radius 2 is 2.11 bits per heavy atom. The molecule has 2 rings (SSSR count). The zero-order chi connectivity index (χ0) is 13.7. The van der Waals surface area contributed by atoms with Crippen LogP contribution in [0.4, 0.5) is 0 Å². The molecule has 0 aliphatic carbocycles. The van der Waals surface area contributed by atoms with Crippen molar-refractivity contribution in [2.45, 2.75) is 19.8 Å². The number of hydrogen-bond donors (Lipinski definition) is 0. The highest BCUT2D eigenvalue weighted by Gasteiger charge is 2.10. The Labute approximate surface area is 111 Å². The average molecular weight is 257 g/mol. The molecule has 0 aliphatic heterocycles. The predicted molar refractivity (Wildman–Crippen MR) is 68.6 cm³/mol. The van der Waals surface area contributed by atoms with Crippen molar-refractivity contribution < 1.29 is 9.26 Å². The number of aromatic nitrogens is 2. The van der Waals surface area contributed by atoms with Gasteiger partial charge in [0.15, 0.2) is 5.82 Å². The molecule has 0 saturated carbocycles. The van der Waals surface area contributed by atoms with E-state index in [1.807, 2.05) is 31.2 Å². The standard InChI is InChI=1S/C14H15N3O2/c1-10(9-15)7-14-16-13(17-19-14)8-11-3-5-12(18-2)6-4-11/h3-6,10H,7-8H2,1-2H3. The van der Waals surface area contributed by atoms with Gasteiger partial charge in [-0.25, -0.2) is 0 Å². The van der Waals surface area contributed by atoms with Crippen LogP contribution in [0.1, 0.15) is 24.2 Å². The molecule has 0 N–H and O–H groups in total. The number of ether oxygens (including phenoxy) is 1. The van der Waals surface area contributed by atoms with Crippen molar-refractivity contribution in [3.8, 4) is 11.8 Å². The maximum Gasteiger partial charge on any atom is 0.227 e. The van der Waals surface area contributed by atoms with Gasteiger partial charge in [0, 0.05) is 12.8 Å². The highest BCUT2D eigenvalue weighted by atomic mass is 16.5. The zero-order valence-corrected chi connectivity index (χ0v) is 11.0. The molecule has 98 valence electrons. The first-order valence-electron chi connectivity index (χ1n) is 6.05. The third-order valence-corrected chi connectivity index (χ3v) is 2.73. The van der Waals surface area contributed by atoms with Gasteiger partial charge in [-0.2, -0.15) is 10.2 Å². The Kier molecular flexibility index (Phi) is 4.14. The summed E-state index contributed by atoms with van der Waals surface area (Å²) in [5.41, 5.74) is 1.08. The van der Waals surface area contributed by atoms with E-state index in [4.69, 9.17) is 14.5 Å². The van der Waals surface area contributed by atoms with Gasteiger partial charge in [-0.05, 0) is 24.6 Å². The van der Waals surface area contributed by atoms with Crippen LogP contribution in [-0.2, 0) is 12.8 Å². The Balaban J connectivity index is 2.01. The molecule has 0 radical (unpaired) electrons. The van der Waals surface area contributed by atoms with E-state index in [0.717, 1.165) is 11.3 Å². The molecule has 1 aromatic carbocycles. The third kappa shape index (κ3) is 3.55. The molecule has 0 spiro atoms. The van der Waals surface area contributed by atoms with Crippen LogP contribution >= 0.6 is 0 Å². The molecule has 5 heteroatoms. The lowest BCUT2D eigenvalue weighted by Crippen LogP contribution is -1.97. The number of benzene rings is 1. The van der Waals surface area contributed by atoms with Crippen molar-refractivity contribution in [2.75, 3.05) is 7.11 Å². The summed E-state index contributed by atoms with van der Waals surface area (Å²) in [4.78, 5) is 4.28. The van der Waals surface area contributed by atoms with Crippen LogP contribution in [0, 0.1) is 17.2 Å². The van der Waals surface area contributed by atoms with Gasteiger partial charge in [-0.1, -0.05) is 17.3 Å². The summed E-state index contributed by atoms with van der Waals surface area (Å²) < 4.78 is 10.2. The minimum Gasteiger partial charge on any atom is -0.497 e. The molecule has 19 heavy (non-hydrogen) atoms. The fraction of sp³-hybridized carbons (Fsp3) is 0.357. The molecule has 1 aromatic heterocycles. The van der Waals surface area contributed by atoms with Crippen molar-refractivity contribution in [1.29, 1.82) is 5.26 Å². The summed E-state index contributed by atoms with van der Waals surface area (Å²) in [6.07, 6.45) is 1.10. The van der Waals surface area contributed by atoms with Crippen LogP contribution in [0.5, 0.6) is 5.75 Å². The Hall–Kier alpha value is -2.35. The van der Waals surface area contributed by atoms with Crippen molar-refractivity contribution in [2.24, 2.45) is 5.92 Å². The smallest absolute Gasteiger partial charge is 0.227 e. The zero-order valence-electron chi connectivity index (χ0n) is 11.0. The monoisotopic (exact) mass is 257 g/mol. The van der Waals surface area contributed by atoms with E-state index in [2.05, 4.69) is 16.2 Å². The second-order valence-electron chi connectivity index (χ2n) is 4.36. The topological polar surface area (TPSA) is 71.9 Å². The molecule has 0 aliphatic rings. The molecule has 1 atom stereocenters. The van der Waals surface area contributed by atoms with Crippen LogP contribution in [0.2, 0.25) is 0 Å².